The van der Waals surface area contributed by atoms with Crippen molar-refractivity contribution in [1.29, 1.82) is 0 Å². The number of aliphatic hydroxyl groups is 1. The number of aliphatic hydroxyl groups excluding tert-OH is 1. The van der Waals surface area contributed by atoms with E-state index in [1.807, 2.05) is 6.07 Å². The molecule has 1 nitrogen and oxygen atoms in total. The van der Waals surface area contributed by atoms with Crippen LogP contribution >= 0.6 is 0 Å². The minimum absolute atomic E-state index is 0.221. The summed E-state index contributed by atoms with van der Waals surface area (Å²) in [7, 11) is 0. The van der Waals surface area contributed by atoms with Gasteiger partial charge in [0.25, 0.3) is 0 Å². The van der Waals surface area contributed by atoms with Gasteiger partial charge in [-0.2, -0.15) is 0 Å². The van der Waals surface area contributed by atoms with Crippen LogP contribution in [0.2, 0.25) is 0 Å². The van der Waals surface area contributed by atoms with E-state index in [-0.39, 0.29) is 5.76 Å². The maximum absolute atomic E-state index is 8.97. The predicted molar refractivity (Wildman–Crippen MR) is 51.4 cm³/mol. The van der Waals surface area contributed by atoms with Gasteiger partial charge in [-0.25, -0.2) is 0 Å². The maximum atomic E-state index is 8.97. The van der Waals surface area contributed by atoms with E-state index < -0.39 is 0 Å². The van der Waals surface area contributed by atoms with Crippen LogP contribution in [-0.2, 0) is 6.42 Å². The van der Waals surface area contributed by atoms with Crippen LogP contribution in [0.3, 0.4) is 0 Å². The molecule has 0 bridgehead atoms. The summed E-state index contributed by atoms with van der Waals surface area (Å²) in [6.07, 6.45) is 0.557. The summed E-state index contributed by atoms with van der Waals surface area (Å²) >= 11 is 0. The zero-order valence-corrected chi connectivity index (χ0v) is 7.59. The Morgan fingerprint density at radius 1 is 1.33 bits per heavy atom. The van der Waals surface area contributed by atoms with E-state index in [2.05, 4.69) is 32.6 Å². The molecule has 0 fully saturated rings. The van der Waals surface area contributed by atoms with Crippen molar-refractivity contribution in [2.75, 3.05) is 0 Å². The van der Waals surface area contributed by atoms with Gasteiger partial charge in [-0.3, -0.25) is 0 Å². The lowest BCUT2D eigenvalue weighted by Crippen LogP contribution is -1.90. The highest BCUT2D eigenvalue weighted by molar-refractivity contribution is 5.31. The molecule has 0 heterocycles. The van der Waals surface area contributed by atoms with Gasteiger partial charge in [0.15, 0.2) is 0 Å². The molecule has 1 aromatic carbocycles. The number of aryl methyl sites for hydroxylation is 2. The number of hydrogen-bond acceptors (Lipinski definition) is 1. The highest BCUT2D eigenvalue weighted by Gasteiger charge is 1.97. The number of allylic oxidation sites excluding steroid dienone is 1. The average molecular weight is 162 g/mol. The van der Waals surface area contributed by atoms with Crippen molar-refractivity contribution in [2.24, 2.45) is 0 Å². The molecule has 0 amide bonds. The van der Waals surface area contributed by atoms with Gasteiger partial charge in [0, 0.05) is 6.42 Å². The van der Waals surface area contributed by atoms with Crippen LogP contribution < -0.4 is 0 Å². The largest absolute Gasteiger partial charge is 0.513 e. The highest BCUT2D eigenvalue weighted by Crippen LogP contribution is 2.11. The molecule has 0 atom stereocenters. The Kier molecular flexibility index (Phi) is 2.54. The van der Waals surface area contributed by atoms with Crippen molar-refractivity contribution >= 4 is 0 Å². The molecule has 0 spiro atoms. The fourth-order valence-electron chi connectivity index (χ4n) is 1.15. The lowest BCUT2D eigenvalue weighted by atomic mass is 10.0. The number of benzene rings is 1. The molecule has 1 rings (SSSR count). The van der Waals surface area contributed by atoms with Gasteiger partial charge in [0.2, 0.25) is 0 Å². The number of rotatable bonds is 2. The normalized spacial score (nSPS) is 9.83. The maximum Gasteiger partial charge on any atom is 0.0894 e. The van der Waals surface area contributed by atoms with Gasteiger partial charge in [-0.05, 0) is 30.5 Å². The Hall–Kier alpha value is -1.24. The van der Waals surface area contributed by atoms with Crippen molar-refractivity contribution in [3.63, 3.8) is 0 Å². The van der Waals surface area contributed by atoms with E-state index >= 15 is 0 Å². The first-order valence-corrected chi connectivity index (χ1v) is 4.02. The number of hydrogen-bond donors (Lipinski definition) is 1. The van der Waals surface area contributed by atoms with Crippen LogP contribution in [0.25, 0.3) is 0 Å². The Bertz CT molecular complexity index is 300. The minimum atomic E-state index is 0.221. The van der Waals surface area contributed by atoms with Crippen LogP contribution in [0.15, 0.2) is 30.5 Å². The van der Waals surface area contributed by atoms with Gasteiger partial charge in [-0.1, -0.05) is 24.8 Å². The van der Waals surface area contributed by atoms with Gasteiger partial charge in [-0.15, -0.1) is 0 Å². The lowest BCUT2D eigenvalue weighted by Gasteiger charge is -2.03. The van der Waals surface area contributed by atoms with E-state index in [0.717, 1.165) is 5.56 Å². The Morgan fingerprint density at radius 3 is 2.50 bits per heavy atom. The molecule has 0 aliphatic carbocycles. The van der Waals surface area contributed by atoms with E-state index in [9.17, 15) is 0 Å². The van der Waals surface area contributed by atoms with Crippen LogP contribution in [0.4, 0.5) is 0 Å². The molecule has 0 radical (unpaired) electrons. The standard InChI is InChI=1S/C11H14O/c1-8-4-5-11(6-9(8)2)7-10(3)12/h4-6,12H,3,7H2,1-2H3. The van der Waals surface area contributed by atoms with Crippen molar-refractivity contribution < 1.29 is 5.11 Å². The van der Waals surface area contributed by atoms with Gasteiger partial charge < -0.3 is 5.11 Å². The summed E-state index contributed by atoms with van der Waals surface area (Å²) in [4.78, 5) is 0. The molecule has 12 heavy (non-hydrogen) atoms. The molecule has 0 saturated carbocycles. The first-order valence-electron chi connectivity index (χ1n) is 4.02. The highest BCUT2D eigenvalue weighted by atomic mass is 16.3. The zero-order chi connectivity index (χ0) is 9.14. The Balaban J connectivity index is 2.89. The van der Waals surface area contributed by atoms with E-state index in [1.165, 1.54) is 11.1 Å². The van der Waals surface area contributed by atoms with Gasteiger partial charge >= 0.3 is 0 Å². The Labute approximate surface area is 73.4 Å². The molecule has 1 N–H and O–H groups in total. The smallest absolute Gasteiger partial charge is 0.0894 e. The Morgan fingerprint density at radius 2 is 2.00 bits per heavy atom. The van der Waals surface area contributed by atoms with Crippen LogP contribution in [-0.4, -0.2) is 5.11 Å². The second kappa shape index (κ2) is 3.44. The summed E-state index contributed by atoms with van der Waals surface area (Å²) in [6.45, 7) is 7.60. The third kappa shape index (κ3) is 2.12. The molecular weight excluding hydrogens is 148 g/mol. The molecule has 0 aliphatic heterocycles. The quantitative estimate of drug-likeness (QED) is 0.663. The fraction of sp³-hybridized carbons (Fsp3) is 0.273. The molecule has 1 aromatic rings. The van der Waals surface area contributed by atoms with Crippen LogP contribution in [0, 0.1) is 13.8 Å². The molecule has 64 valence electrons. The average Bonchev–Trinajstić information content (AvgIpc) is 1.96. The molecular formula is C11H14O. The van der Waals surface area contributed by atoms with Crippen molar-refractivity contribution in [3.05, 3.63) is 47.2 Å². The first kappa shape index (κ1) is 8.85. The SMILES string of the molecule is C=C(O)Cc1ccc(C)c(C)c1. The van der Waals surface area contributed by atoms with Crippen molar-refractivity contribution in [1.82, 2.24) is 0 Å². The monoisotopic (exact) mass is 162 g/mol. The predicted octanol–water partition coefficient (Wildman–Crippen LogP) is 2.92. The summed E-state index contributed by atoms with van der Waals surface area (Å²) in [5.74, 6) is 0.221. The molecule has 1 heteroatoms. The molecule has 0 aliphatic rings. The van der Waals surface area contributed by atoms with Crippen molar-refractivity contribution in [2.45, 2.75) is 20.3 Å². The van der Waals surface area contributed by atoms with E-state index in [4.69, 9.17) is 5.11 Å². The first-order chi connectivity index (χ1) is 5.59. The van der Waals surface area contributed by atoms with E-state index in [1.54, 1.807) is 0 Å². The van der Waals surface area contributed by atoms with Gasteiger partial charge in [0.05, 0.1) is 5.76 Å². The summed E-state index contributed by atoms with van der Waals surface area (Å²) in [6, 6.07) is 6.16. The topological polar surface area (TPSA) is 20.2 Å². The summed E-state index contributed by atoms with van der Waals surface area (Å²) in [5.41, 5.74) is 3.65. The van der Waals surface area contributed by atoms with Crippen molar-refractivity contribution in [3.8, 4) is 0 Å². The third-order valence-corrected chi connectivity index (χ3v) is 1.98. The van der Waals surface area contributed by atoms with E-state index in [0.29, 0.717) is 6.42 Å². The van der Waals surface area contributed by atoms with Crippen LogP contribution in [0.1, 0.15) is 16.7 Å². The zero-order valence-electron chi connectivity index (χ0n) is 7.59. The second-order valence-corrected chi connectivity index (χ2v) is 3.16. The fourth-order valence-corrected chi connectivity index (χ4v) is 1.15. The lowest BCUT2D eigenvalue weighted by molar-refractivity contribution is 0.401. The van der Waals surface area contributed by atoms with Crippen LogP contribution in [0.5, 0.6) is 0 Å². The van der Waals surface area contributed by atoms with Gasteiger partial charge in [0.1, 0.15) is 0 Å². The second-order valence-electron chi connectivity index (χ2n) is 3.16. The minimum Gasteiger partial charge on any atom is -0.513 e. The molecule has 0 saturated heterocycles. The molecule has 0 unspecified atom stereocenters. The summed E-state index contributed by atoms with van der Waals surface area (Å²) in [5, 5.41) is 8.97. The summed E-state index contributed by atoms with van der Waals surface area (Å²) < 4.78 is 0. The third-order valence-electron chi connectivity index (χ3n) is 1.98. The molecule has 0 aromatic heterocycles.